The lowest BCUT2D eigenvalue weighted by molar-refractivity contribution is -0.121. The minimum atomic E-state index is -0.589. The predicted octanol–water partition coefficient (Wildman–Crippen LogP) is 2.39. The molecule has 2 N–H and O–H groups in total. The molecule has 0 aliphatic rings. The summed E-state index contributed by atoms with van der Waals surface area (Å²) in [5, 5.41) is 12.7. The first-order valence-electron chi connectivity index (χ1n) is 7.24. The van der Waals surface area contributed by atoms with E-state index in [1.165, 1.54) is 6.07 Å². The fraction of sp³-hybridized carbons (Fsp3) is 0.294. The van der Waals surface area contributed by atoms with Crippen LogP contribution in [0.15, 0.2) is 48.8 Å². The van der Waals surface area contributed by atoms with Crippen LogP contribution in [0.25, 0.3) is 0 Å². The van der Waals surface area contributed by atoms with Gasteiger partial charge in [-0.05, 0) is 30.0 Å². The molecule has 4 nitrogen and oxygen atoms in total. The van der Waals surface area contributed by atoms with E-state index in [-0.39, 0.29) is 12.3 Å². The molecule has 0 aliphatic carbocycles. The van der Waals surface area contributed by atoms with Crippen LogP contribution in [0.4, 0.5) is 4.39 Å². The number of benzene rings is 1. The lowest BCUT2D eigenvalue weighted by Crippen LogP contribution is -2.25. The summed E-state index contributed by atoms with van der Waals surface area (Å²) in [6.07, 6.45) is 3.26. The summed E-state index contributed by atoms with van der Waals surface area (Å²) in [7, 11) is 0. The van der Waals surface area contributed by atoms with E-state index >= 15 is 0 Å². The lowest BCUT2D eigenvalue weighted by atomic mass is 10.1. The van der Waals surface area contributed by atoms with E-state index in [0.29, 0.717) is 24.9 Å². The van der Waals surface area contributed by atoms with Gasteiger partial charge in [0.25, 0.3) is 0 Å². The Morgan fingerprint density at radius 3 is 2.77 bits per heavy atom. The number of hydrogen-bond donors (Lipinski definition) is 2. The summed E-state index contributed by atoms with van der Waals surface area (Å²) >= 11 is 0. The van der Waals surface area contributed by atoms with Crippen molar-refractivity contribution in [3.05, 3.63) is 65.7 Å². The molecule has 1 aromatic heterocycles. The SMILES string of the molecule is O=C(CCc1cncc(F)c1)NCCC(O)c1ccccc1. The molecular weight excluding hydrogens is 283 g/mol. The summed E-state index contributed by atoms with van der Waals surface area (Å²) in [5.41, 5.74) is 1.53. The van der Waals surface area contributed by atoms with Crippen LogP contribution in [-0.2, 0) is 11.2 Å². The average molecular weight is 302 g/mol. The van der Waals surface area contributed by atoms with Crippen LogP contribution >= 0.6 is 0 Å². The van der Waals surface area contributed by atoms with Crippen LogP contribution in [0, 0.1) is 5.82 Å². The molecule has 0 bridgehead atoms. The number of nitrogens with zero attached hydrogens (tertiary/aromatic N) is 1. The number of aliphatic hydroxyl groups excluding tert-OH is 1. The quantitative estimate of drug-likeness (QED) is 0.825. The molecule has 1 aromatic carbocycles. The van der Waals surface area contributed by atoms with E-state index < -0.39 is 11.9 Å². The molecule has 0 fully saturated rings. The molecule has 0 radical (unpaired) electrons. The maximum absolute atomic E-state index is 13.0. The van der Waals surface area contributed by atoms with Crippen LogP contribution in [0.1, 0.15) is 30.1 Å². The van der Waals surface area contributed by atoms with Crippen molar-refractivity contribution in [2.45, 2.75) is 25.4 Å². The Morgan fingerprint density at radius 1 is 1.27 bits per heavy atom. The Morgan fingerprint density at radius 2 is 2.05 bits per heavy atom. The number of halogens is 1. The zero-order valence-corrected chi connectivity index (χ0v) is 12.2. The van der Waals surface area contributed by atoms with Gasteiger partial charge in [0.1, 0.15) is 5.82 Å². The summed E-state index contributed by atoms with van der Waals surface area (Å²) in [4.78, 5) is 15.5. The lowest BCUT2D eigenvalue weighted by Gasteiger charge is -2.11. The molecule has 1 unspecified atom stereocenters. The van der Waals surface area contributed by atoms with Crippen molar-refractivity contribution >= 4 is 5.91 Å². The molecule has 5 heteroatoms. The van der Waals surface area contributed by atoms with Crippen molar-refractivity contribution < 1.29 is 14.3 Å². The van der Waals surface area contributed by atoms with Gasteiger partial charge in [-0.15, -0.1) is 0 Å². The first kappa shape index (κ1) is 16.1. The molecule has 2 rings (SSSR count). The third-order valence-electron chi connectivity index (χ3n) is 3.33. The number of aromatic nitrogens is 1. The van der Waals surface area contributed by atoms with Gasteiger partial charge in [0, 0.05) is 19.2 Å². The molecule has 1 atom stereocenters. The number of carbonyl (C=O) groups is 1. The van der Waals surface area contributed by atoms with Gasteiger partial charge in [-0.3, -0.25) is 9.78 Å². The Bertz CT molecular complexity index is 605. The van der Waals surface area contributed by atoms with E-state index in [1.54, 1.807) is 6.20 Å². The first-order valence-corrected chi connectivity index (χ1v) is 7.24. The van der Waals surface area contributed by atoms with E-state index in [0.717, 1.165) is 11.8 Å². The van der Waals surface area contributed by atoms with Crippen LogP contribution in [0.3, 0.4) is 0 Å². The smallest absolute Gasteiger partial charge is 0.220 e. The number of rotatable bonds is 7. The topological polar surface area (TPSA) is 62.2 Å². The minimum absolute atomic E-state index is 0.121. The van der Waals surface area contributed by atoms with Crippen LogP contribution in [0.2, 0.25) is 0 Å². The van der Waals surface area contributed by atoms with Gasteiger partial charge in [0.15, 0.2) is 0 Å². The van der Waals surface area contributed by atoms with Crippen molar-refractivity contribution in [1.29, 1.82) is 0 Å². The number of pyridine rings is 1. The molecule has 0 aliphatic heterocycles. The van der Waals surface area contributed by atoms with Gasteiger partial charge in [0.05, 0.1) is 12.3 Å². The fourth-order valence-electron chi connectivity index (χ4n) is 2.13. The summed E-state index contributed by atoms with van der Waals surface area (Å²) in [6, 6.07) is 10.7. The van der Waals surface area contributed by atoms with E-state index in [4.69, 9.17) is 0 Å². The van der Waals surface area contributed by atoms with E-state index in [2.05, 4.69) is 10.3 Å². The number of hydrogen-bond acceptors (Lipinski definition) is 3. The third-order valence-corrected chi connectivity index (χ3v) is 3.33. The Labute approximate surface area is 129 Å². The van der Waals surface area contributed by atoms with Crippen molar-refractivity contribution in [2.24, 2.45) is 0 Å². The van der Waals surface area contributed by atoms with Crippen molar-refractivity contribution in [3.63, 3.8) is 0 Å². The molecule has 0 saturated carbocycles. The summed E-state index contributed by atoms with van der Waals surface area (Å²) < 4.78 is 13.0. The highest BCUT2D eigenvalue weighted by Crippen LogP contribution is 2.14. The highest BCUT2D eigenvalue weighted by molar-refractivity contribution is 5.76. The molecule has 2 aromatic rings. The maximum atomic E-state index is 13.0. The van der Waals surface area contributed by atoms with Crippen LogP contribution in [0.5, 0.6) is 0 Å². The standard InChI is InChI=1S/C17H19FN2O2/c18-15-10-13(11-19-12-15)6-7-17(22)20-9-8-16(21)14-4-2-1-3-5-14/h1-5,10-12,16,21H,6-9H2,(H,20,22). The second kappa shape index (κ2) is 8.24. The molecular formula is C17H19FN2O2. The molecule has 1 heterocycles. The minimum Gasteiger partial charge on any atom is -0.388 e. The normalized spacial score (nSPS) is 11.9. The molecule has 116 valence electrons. The largest absolute Gasteiger partial charge is 0.388 e. The van der Waals surface area contributed by atoms with Gasteiger partial charge in [0.2, 0.25) is 5.91 Å². The fourth-order valence-corrected chi connectivity index (χ4v) is 2.13. The van der Waals surface area contributed by atoms with E-state index in [1.807, 2.05) is 30.3 Å². The molecule has 22 heavy (non-hydrogen) atoms. The average Bonchev–Trinajstić information content (AvgIpc) is 2.54. The second-order valence-corrected chi connectivity index (χ2v) is 5.08. The number of aliphatic hydroxyl groups is 1. The van der Waals surface area contributed by atoms with Gasteiger partial charge >= 0.3 is 0 Å². The zero-order valence-electron chi connectivity index (χ0n) is 12.2. The number of nitrogens with one attached hydrogen (secondary N) is 1. The molecule has 0 saturated heterocycles. The second-order valence-electron chi connectivity index (χ2n) is 5.08. The number of carbonyl (C=O) groups excluding carboxylic acids is 1. The van der Waals surface area contributed by atoms with Crippen molar-refractivity contribution in [3.8, 4) is 0 Å². The Hall–Kier alpha value is -2.27. The monoisotopic (exact) mass is 302 g/mol. The van der Waals surface area contributed by atoms with Gasteiger partial charge in [-0.2, -0.15) is 0 Å². The zero-order chi connectivity index (χ0) is 15.8. The Kier molecular flexibility index (Phi) is 6.03. The van der Waals surface area contributed by atoms with Crippen LogP contribution < -0.4 is 5.32 Å². The van der Waals surface area contributed by atoms with Gasteiger partial charge in [-0.25, -0.2) is 4.39 Å². The van der Waals surface area contributed by atoms with Crippen LogP contribution in [-0.4, -0.2) is 22.5 Å². The molecule has 0 spiro atoms. The summed E-state index contributed by atoms with van der Waals surface area (Å²) in [5.74, 6) is -0.520. The molecule has 1 amide bonds. The van der Waals surface area contributed by atoms with Gasteiger partial charge in [-0.1, -0.05) is 30.3 Å². The number of amides is 1. The van der Waals surface area contributed by atoms with E-state index in [9.17, 15) is 14.3 Å². The highest BCUT2D eigenvalue weighted by atomic mass is 19.1. The maximum Gasteiger partial charge on any atom is 0.220 e. The summed E-state index contributed by atoms with van der Waals surface area (Å²) in [6.45, 7) is 0.399. The highest BCUT2D eigenvalue weighted by Gasteiger charge is 2.08. The van der Waals surface area contributed by atoms with Crippen molar-refractivity contribution in [1.82, 2.24) is 10.3 Å². The first-order chi connectivity index (χ1) is 10.6. The predicted molar refractivity (Wildman–Crippen MR) is 81.5 cm³/mol. The third kappa shape index (κ3) is 5.26. The Balaban J connectivity index is 1.68. The number of aryl methyl sites for hydroxylation is 1. The van der Waals surface area contributed by atoms with Crippen molar-refractivity contribution in [2.75, 3.05) is 6.54 Å². The van der Waals surface area contributed by atoms with Gasteiger partial charge < -0.3 is 10.4 Å².